The van der Waals surface area contributed by atoms with Crippen LogP contribution >= 0.6 is 0 Å². The Hall–Kier alpha value is -1.83. The molecule has 4 saturated carbocycles. The molecule has 252 valence electrons. The van der Waals surface area contributed by atoms with Crippen molar-refractivity contribution in [1.29, 1.82) is 0 Å². The molecule has 12 nitrogen and oxygen atoms in total. The van der Waals surface area contributed by atoms with Crippen molar-refractivity contribution in [2.45, 2.75) is 145 Å². The van der Waals surface area contributed by atoms with Crippen LogP contribution in [-0.2, 0) is 33.3 Å². The molecule has 0 aromatic rings. The lowest BCUT2D eigenvalue weighted by Gasteiger charge is -2.68. The van der Waals surface area contributed by atoms with Crippen molar-refractivity contribution in [2.24, 2.45) is 29.1 Å². The van der Waals surface area contributed by atoms with Crippen molar-refractivity contribution in [2.75, 3.05) is 13.1 Å². The van der Waals surface area contributed by atoms with Gasteiger partial charge in [0.2, 0.25) is 0 Å². The average molecular weight is 636 g/mol. The molecule has 7 fully saturated rings. The number of piperidine rings is 2. The van der Waals surface area contributed by atoms with Crippen LogP contribution in [0.25, 0.3) is 0 Å². The maximum atomic E-state index is 13.2. The highest BCUT2D eigenvalue weighted by molar-refractivity contribution is 5.68. The predicted octanol–water partition coefficient (Wildman–Crippen LogP) is 1.19. The number of hydrogen-bond donors (Lipinski definition) is 4. The summed E-state index contributed by atoms with van der Waals surface area (Å²) in [6, 6.07) is -0.440. The van der Waals surface area contributed by atoms with Crippen LogP contribution < -0.4 is 0 Å². The van der Waals surface area contributed by atoms with E-state index in [0.717, 1.165) is 6.42 Å². The number of ether oxygens (including phenoxy) is 4. The topological polar surface area (TPSA) is 172 Å². The van der Waals surface area contributed by atoms with Crippen molar-refractivity contribution in [3.05, 3.63) is 0 Å². The third-order valence-corrected chi connectivity index (χ3v) is 13.9. The summed E-state index contributed by atoms with van der Waals surface area (Å²) in [6.45, 7) is 10.4. The minimum atomic E-state index is -2.09. The molecule has 7 aliphatic rings. The lowest BCUT2D eigenvalue weighted by atomic mass is 9.48. The monoisotopic (exact) mass is 635 g/mol. The number of carbonyl (C=O) groups is 3. The minimum Gasteiger partial charge on any atom is -0.459 e. The zero-order chi connectivity index (χ0) is 32.8. The van der Waals surface area contributed by atoms with Crippen molar-refractivity contribution >= 4 is 17.9 Å². The summed E-state index contributed by atoms with van der Waals surface area (Å²) in [4.78, 5) is 39.5. The molecule has 4 aliphatic carbocycles. The molecule has 0 radical (unpaired) electrons. The van der Waals surface area contributed by atoms with Gasteiger partial charge in [-0.25, -0.2) is 0 Å². The van der Waals surface area contributed by atoms with Crippen molar-refractivity contribution in [3.63, 3.8) is 0 Å². The Bertz CT molecular complexity index is 1320. The Morgan fingerprint density at radius 2 is 1.42 bits per heavy atom. The Kier molecular flexibility index (Phi) is 6.64. The molecule has 0 amide bonds. The summed E-state index contributed by atoms with van der Waals surface area (Å²) in [5.74, 6) is -5.28. The predicted molar refractivity (Wildman–Crippen MR) is 155 cm³/mol. The van der Waals surface area contributed by atoms with Crippen molar-refractivity contribution in [1.82, 2.24) is 4.90 Å². The van der Waals surface area contributed by atoms with Gasteiger partial charge >= 0.3 is 17.9 Å². The first-order valence-corrected chi connectivity index (χ1v) is 16.7. The molecule has 4 bridgehead atoms. The normalized spacial score (nSPS) is 56.3. The van der Waals surface area contributed by atoms with Gasteiger partial charge < -0.3 is 39.4 Å². The second-order valence-corrected chi connectivity index (χ2v) is 16.0. The molecule has 4 N–H and O–H groups in total. The highest BCUT2D eigenvalue weighted by atomic mass is 16.8. The first-order valence-electron chi connectivity index (χ1n) is 16.7. The van der Waals surface area contributed by atoms with Gasteiger partial charge in [-0.3, -0.25) is 19.3 Å². The Morgan fingerprint density at radius 3 is 2.07 bits per heavy atom. The van der Waals surface area contributed by atoms with E-state index in [0.29, 0.717) is 44.6 Å². The Morgan fingerprint density at radius 1 is 0.778 bits per heavy atom. The summed E-state index contributed by atoms with van der Waals surface area (Å²) < 4.78 is 24.7. The molecule has 3 aliphatic heterocycles. The fourth-order valence-corrected chi connectivity index (χ4v) is 12.3. The van der Waals surface area contributed by atoms with E-state index in [1.54, 1.807) is 6.92 Å². The second kappa shape index (κ2) is 9.41. The number of carbonyl (C=O) groups excluding carboxylic acids is 3. The first kappa shape index (κ1) is 31.8. The van der Waals surface area contributed by atoms with E-state index in [-0.39, 0.29) is 25.3 Å². The third-order valence-electron chi connectivity index (χ3n) is 13.9. The van der Waals surface area contributed by atoms with Gasteiger partial charge in [-0.1, -0.05) is 13.8 Å². The molecule has 0 aromatic carbocycles. The molecule has 3 saturated heterocycles. The molecule has 0 aromatic heterocycles. The number of rotatable bonds is 3. The zero-order valence-corrected chi connectivity index (χ0v) is 27.2. The van der Waals surface area contributed by atoms with Gasteiger partial charge in [-0.05, 0) is 51.4 Å². The van der Waals surface area contributed by atoms with Crippen molar-refractivity contribution < 1.29 is 53.8 Å². The number of fused-ring (bicyclic) bond motifs is 5. The minimum absolute atomic E-state index is 0.103. The van der Waals surface area contributed by atoms with Crippen LogP contribution in [0.15, 0.2) is 0 Å². The van der Waals surface area contributed by atoms with Crippen LogP contribution in [0.3, 0.4) is 0 Å². The lowest BCUT2D eigenvalue weighted by molar-refractivity contribution is -0.354. The third kappa shape index (κ3) is 3.62. The average Bonchev–Trinajstić information content (AvgIpc) is 3.09. The van der Waals surface area contributed by atoms with Crippen molar-refractivity contribution in [3.8, 4) is 0 Å². The molecule has 0 unspecified atom stereocenters. The quantitative estimate of drug-likeness (QED) is 0.258. The number of esters is 3. The van der Waals surface area contributed by atoms with Crippen LogP contribution in [0.4, 0.5) is 0 Å². The van der Waals surface area contributed by atoms with Crippen LogP contribution in [0.1, 0.15) is 92.9 Å². The van der Waals surface area contributed by atoms with Crippen LogP contribution in [0, 0.1) is 29.1 Å². The standard InChI is InChI=1S/C33H49NO11/c1-17-7-10-24-28(6,38)32(41)23(15-34(24)14-17)30(40)16-31-22(29(30,39)13-26(32)43-19(3)36)9-8-21-27(31,5)12-11-25(42-18(2)35)33(21,45-31)44-20(4)37/h17,21-26,38-41H,7-16H2,1-6H3/t17-,21-,22-,23-,24-,25+,26-,27-,28+,29+,30+,31+,32-,33+/m0/s1. The van der Waals surface area contributed by atoms with E-state index < -0.39 is 87.2 Å². The van der Waals surface area contributed by atoms with E-state index in [1.165, 1.54) is 20.8 Å². The smallest absolute Gasteiger partial charge is 0.305 e. The van der Waals surface area contributed by atoms with Gasteiger partial charge in [0.15, 0.2) is 6.10 Å². The zero-order valence-electron chi connectivity index (χ0n) is 27.2. The van der Waals surface area contributed by atoms with Gasteiger partial charge in [0.05, 0.1) is 5.60 Å². The lowest BCUT2D eigenvalue weighted by Crippen LogP contribution is -2.85. The van der Waals surface area contributed by atoms with Crippen LogP contribution in [0.2, 0.25) is 0 Å². The van der Waals surface area contributed by atoms with E-state index in [4.69, 9.17) is 18.9 Å². The largest absolute Gasteiger partial charge is 0.459 e. The summed E-state index contributed by atoms with van der Waals surface area (Å²) in [5, 5.41) is 51.4. The summed E-state index contributed by atoms with van der Waals surface area (Å²) in [5.41, 5.74) is -9.71. The molecule has 1 spiro atoms. The Labute approximate surface area is 263 Å². The van der Waals surface area contributed by atoms with Gasteiger partial charge in [-0.2, -0.15) is 0 Å². The van der Waals surface area contributed by atoms with Gasteiger partial charge in [-0.15, -0.1) is 0 Å². The van der Waals surface area contributed by atoms with Crippen LogP contribution in [-0.4, -0.2) is 108 Å². The number of hydrogen-bond acceptors (Lipinski definition) is 12. The Balaban J connectivity index is 1.40. The highest BCUT2D eigenvalue weighted by Crippen LogP contribution is 2.79. The maximum Gasteiger partial charge on any atom is 0.305 e. The molecule has 14 atom stereocenters. The fourth-order valence-electron chi connectivity index (χ4n) is 12.3. The molecule has 12 heteroatoms. The van der Waals surface area contributed by atoms with Gasteiger partial charge in [0.1, 0.15) is 28.5 Å². The molecule has 7 rings (SSSR count). The van der Waals surface area contributed by atoms with E-state index in [9.17, 15) is 34.8 Å². The molecular weight excluding hydrogens is 586 g/mol. The number of nitrogens with zero attached hydrogens (tertiary/aromatic N) is 1. The second-order valence-electron chi connectivity index (χ2n) is 16.0. The van der Waals surface area contributed by atoms with Crippen LogP contribution in [0.5, 0.6) is 0 Å². The van der Waals surface area contributed by atoms with Gasteiger partial charge in [0.25, 0.3) is 5.79 Å². The van der Waals surface area contributed by atoms with E-state index >= 15 is 0 Å². The fraction of sp³-hybridized carbons (Fsp3) is 0.909. The molecule has 45 heavy (non-hydrogen) atoms. The summed E-state index contributed by atoms with van der Waals surface area (Å²) in [6.07, 6.45) is 0.618. The number of aliphatic hydroxyl groups is 4. The highest BCUT2D eigenvalue weighted by Gasteiger charge is 2.90. The van der Waals surface area contributed by atoms with E-state index in [1.807, 2.05) is 6.92 Å². The maximum absolute atomic E-state index is 13.2. The SMILES string of the molecule is CC(=O)O[C@H]1C[C@@]2(O)[C@@H]3CC[C@@H]4[C@@]5(OC(C)=O)O[C@@]3(C[C@@]2(O)[C@@H]2CN3C[C@@H](C)CC[C@H]3[C@@](C)(O)[C@@]12O)[C@@]4(C)CC[C@H]5OC(C)=O. The van der Waals surface area contributed by atoms with E-state index in [2.05, 4.69) is 11.8 Å². The summed E-state index contributed by atoms with van der Waals surface area (Å²) >= 11 is 0. The summed E-state index contributed by atoms with van der Waals surface area (Å²) in [7, 11) is 0. The first-order chi connectivity index (χ1) is 20.8. The molecular formula is C33H49NO11. The molecule has 3 heterocycles. The van der Waals surface area contributed by atoms with Gasteiger partial charge in [0, 0.05) is 75.9 Å².